The van der Waals surface area contributed by atoms with Gasteiger partial charge in [-0.15, -0.1) is 0 Å². The molecule has 0 amide bonds. The van der Waals surface area contributed by atoms with Crippen LogP contribution in [0.1, 0.15) is 61.8 Å². The van der Waals surface area contributed by atoms with Crippen LogP contribution in [0.2, 0.25) is 0 Å². The summed E-state index contributed by atoms with van der Waals surface area (Å²) in [4.78, 5) is 13.9. The average molecular weight is 333 g/mol. The minimum Gasteiger partial charge on any atom is -0.480 e. The molecule has 0 aromatic heterocycles. The summed E-state index contributed by atoms with van der Waals surface area (Å²) < 4.78 is 20.0. The molecule has 1 aromatic carbocycles. The average Bonchev–Trinajstić information content (AvgIpc) is 3.09. The molecular formula is C19H24FNO3. The summed E-state index contributed by atoms with van der Waals surface area (Å²) >= 11 is 0. The van der Waals surface area contributed by atoms with Gasteiger partial charge in [0.2, 0.25) is 0 Å². The third-order valence-electron chi connectivity index (χ3n) is 5.91. The van der Waals surface area contributed by atoms with E-state index < -0.39 is 12.0 Å². The Bertz CT molecular complexity index is 627. The second-order valence-corrected chi connectivity index (χ2v) is 7.60. The molecule has 1 spiro atoms. The lowest BCUT2D eigenvalue weighted by Gasteiger charge is -2.33. The highest BCUT2D eigenvalue weighted by Gasteiger charge is 2.46. The van der Waals surface area contributed by atoms with Crippen LogP contribution >= 0.6 is 0 Å². The molecular weight excluding hydrogens is 309 g/mol. The molecule has 0 radical (unpaired) electrons. The van der Waals surface area contributed by atoms with Crippen LogP contribution in [0.5, 0.6) is 0 Å². The number of carbonyl (C=O) groups is 1. The van der Waals surface area contributed by atoms with Crippen LogP contribution in [0.25, 0.3) is 0 Å². The zero-order chi connectivity index (χ0) is 16.7. The van der Waals surface area contributed by atoms with Crippen LogP contribution in [-0.2, 0) is 9.53 Å². The Labute approximate surface area is 141 Å². The van der Waals surface area contributed by atoms with Crippen molar-refractivity contribution < 1.29 is 19.0 Å². The number of aliphatic carboxylic acids is 1. The van der Waals surface area contributed by atoms with Crippen LogP contribution < -0.4 is 0 Å². The summed E-state index contributed by atoms with van der Waals surface area (Å²) in [7, 11) is 0. The highest BCUT2D eigenvalue weighted by molar-refractivity contribution is 5.76. The lowest BCUT2D eigenvalue weighted by molar-refractivity contribution is -0.143. The van der Waals surface area contributed by atoms with E-state index in [9.17, 15) is 14.3 Å². The molecule has 3 fully saturated rings. The molecule has 0 unspecified atom stereocenters. The maximum Gasteiger partial charge on any atom is 0.325 e. The van der Waals surface area contributed by atoms with Gasteiger partial charge in [0.15, 0.2) is 0 Å². The fourth-order valence-corrected chi connectivity index (χ4v) is 4.25. The van der Waals surface area contributed by atoms with Crippen molar-refractivity contribution in [3.05, 3.63) is 35.1 Å². The Hall–Kier alpha value is -1.46. The first kappa shape index (κ1) is 16.0. The fourth-order valence-electron chi connectivity index (χ4n) is 4.25. The Kier molecular flexibility index (Phi) is 4.09. The number of rotatable bonds is 4. The first-order valence-corrected chi connectivity index (χ1v) is 8.96. The SMILES string of the molecule is O=C(O)[C@H](c1cc(F)ccc1[C@@H]1CCC2(CC2)CO1)N1CCCC1. The van der Waals surface area contributed by atoms with E-state index in [1.54, 1.807) is 6.07 Å². The Balaban J connectivity index is 1.65. The summed E-state index contributed by atoms with van der Waals surface area (Å²) in [5, 5.41) is 9.79. The lowest BCUT2D eigenvalue weighted by Crippen LogP contribution is -2.33. The normalized spacial score (nSPS) is 27.3. The summed E-state index contributed by atoms with van der Waals surface area (Å²) in [6, 6.07) is 3.77. The van der Waals surface area contributed by atoms with E-state index in [0.29, 0.717) is 11.0 Å². The summed E-state index contributed by atoms with van der Waals surface area (Å²) in [5.41, 5.74) is 1.81. The van der Waals surface area contributed by atoms with Crippen molar-refractivity contribution in [2.45, 2.75) is 50.7 Å². The molecule has 2 atom stereocenters. The van der Waals surface area contributed by atoms with E-state index in [0.717, 1.165) is 50.9 Å². The van der Waals surface area contributed by atoms with Gasteiger partial charge in [0.1, 0.15) is 11.9 Å². The van der Waals surface area contributed by atoms with Crippen molar-refractivity contribution in [1.29, 1.82) is 0 Å². The van der Waals surface area contributed by atoms with Crippen molar-refractivity contribution in [3.8, 4) is 0 Å². The van der Waals surface area contributed by atoms with Gasteiger partial charge in [-0.1, -0.05) is 6.07 Å². The Morgan fingerprint density at radius 3 is 2.62 bits per heavy atom. The van der Waals surface area contributed by atoms with Gasteiger partial charge < -0.3 is 9.84 Å². The van der Waals surface area contributed by atoms with Gasteiger partial charge in [0.25, 0.3) is 0 Å². The van der Waals surface area contributed by atoms with E-state index in [1.807, 2.05) is 4.90 Å². The Morgan fingerprint density at radius 2 is 2.04 bits per heavy atom. The molecule has 1 N–H and O–H groups in total. The zero-order valence-electron chi connectivity index (χ0n) is 13.8. The standard InChI is InChI=1S/C19H24FNO3/c20-13-3-4-14(16-5-6-19(7-8-19)12-24-16)15(11-13)17(18(22)23)21-9-1-2-10-21/h3-4,11,16-17H,1-2,5-10,12H2,(H,22,23)/t16-,17-/m0/s1. The number of benzene rings is 1. The smallest absolute Gasteiger partial charge is 0.325 e. The first-order chi connectivity index (χ1) is 11.6. The van der Waals surface area contributed by atoms with Gasteiger partial charge in [-0.05, 0) is 80.3 Å². The summed E-state index contributed by atoms with van der Waals surface area (Å²) in [6.45, 7) is 2.25. The predicted octanol–water partition coefficient (Wildman–Crippen LogP) is 3.68. The maximum absolute atomic E-state index is 13.9. The molecule has 130 valence electrons. The highest BCUT2D eigenvalue weighted by atomic mass is 19.1. The molecule has 4 rings (SSSR count). The molecule has 2 heterocycles. The minimum atomic E-state index is -0.904. The number of carboxylic acid groups (broad SMARTS) is 1. The molecule has 5 heteroatoms. The van der Waals surface area contributed by atoms with Gasteiger partial charge in [-0.3, -0.25) is 9.69 Å². The monoisotopic (exact) mass is 333 g/mol. The largest absolute Gasteiger partial charge is 0.480 e. The van der Waals surface area contributed by atoms with Crippen LogP contribution in [0, 0.1) is 11.2 Å². The summed E-state index contributed by atoms with van der Waals surface area (Å²) in [5.74, 6) is -1.29. The van der Waals surface area contributed by atoms with E-state index in [2.05, 4.69) is 0 Å². The second kappa shape index (κ2) is 6.12. The van der Waals surface area contributed by atoms with Gasteiger partial charge >= 0.3 is 5.97 Å². The predicted molar refractivity (Wildman–Crippen MR) is 87.2 cm³/mol. The zero-order valence-corrected chi connectivity index (χ0v) is 13.8. The summed E-state index contributed by atoms with van der Waals surface area (Å²) in [6.07, 6.45) is 6.37. The fraction of sp³-hybridized carbons (Fsp3) is 0.632. The number of hydrogen-bond donors (Lipinski definition) is 1. The van der Waals surface area contributed by atoms with E-state index in [1.165, 1.54) is 25.0 Å². The number of nitrogens with zero attached hydrogens (tertiary/aromatic N) is 1. The molecule has 2 saturated heterocycles. The second-order valence-electron chi connectivity index (χ2n) is 7.60. The van der Waals surface area contributed by atoms with Crippen LogP contribution in [0.3, 0.4) is 0 Å². The molecule has 1 saturated carbocycles. The van der Waals surface area contributed by atoms with E-state index >= 15 is 0 Å². The highest BCUT2D eigenvalue weighted by Crippen LogP contribution is 2.54. The third kappa shape index (κ3) is 2.95. The van der Waals surface area contributed by atoms with Crippen LogP contribution in [0.4, 0.5) is 4.39 Å². The van der Waals surface area contributed by atoms with Crippen molar-refractivity contribution in [1.82, 2.24) is 4.90 Å². The van der Waals surface area contributed by atoms with Gasteiger partial charge in [-0.2, -0.15) is 0 Å². The van der Waals surface area contributed by atoms with E-state index in [-0.39, 0.29) is 11.9 Å². The van der Waals surface area contributed by atoms with Gasteiger partial charge in [-0.25, -0.2) is 4.39 Å². The molecule has 4 nitrogen and oxygen atoms in total. The number of ether oxygens (including phenoxy) is 1. The quantitative estimate of drug-likeness (QED) is 0.913. The first-order valence-electron chi connectivity index (χ1n) is 8.96. The molecule has 1 aliphatic carbocycles. The lowest BCUT2D eigenvalue weighted by atomic mass is 9.88. The number of halogens is 1. The molecule has 0 bridgehead atoms. The Morgan fingerprint density at radius 1 is 1.29 bits per heavy atom. The van der Waals surface area contributed by atoms with Crippen molar-refractivity contribution in [3.63, 3.8) is 0 Å². The molecule has 3 aliphatic rings. The topological polar surface area (TPSA) is 49.8 Å². The van der Waals surface area contributed by atoms with Gasteiger partial charge in [0.05, 0.1) is 12.7 Å². The van der Waals surface area contributed by atoms with Crippen molar-refractivity contribution in [2.24, 2.45) is 5.41 Å². The number of carboxylic acids is 1. The molecule has 1 aromatic rings. The van der Waals surface area contributed by atoms with Gasteiger partial charge in [0, 0.05) is 0 Å². The number of likely N-dealkylation sites (tertiary alicyclic amines) is 1. The molecule has 24 heavy (non-hydrogen) atoms. The van der Waals surface area contributed by atoms with Crippen LogP contribution in [0.15, 0.2) is 18.2 Å². The van der Waals surface area contributed by atoms with Crippen molar-refractivity contribution >= 4 is 5.97 Å². The van der Waals surface area contributed by atoms with E-state index in [4.69, 9.17) is 4.74 Å². The van der Waals surface area contributed by atoms with Crippen LogP contribution in [-0.4, -0.2) is 35.7 Å². The minimum absolute atomic E-state index is 0.115. The molecule has 2 aliphatic heterocycles. The van der Waals surface area contributed by atoms with Crippen molar-refractivity contribution in [2.75, 3.05) is 19.7 Å². The number of hydrogen-bond acceptors (Lipinski definition) is 3. The maximum atomic E-state index is 13.9. The third-order valence-corrected chi connectivity index (χ3v) is 5.91.